The lowest BCUT2D eigenvalue weighted by atomic mass is 9.91. The van der Waals surface area contributed by atoms with E-state index in [-0.39, 0.29) is 27.8 Å². The van der Waals surface area contributed by atoms with Gasteiger partial charge in [-0.15, -0.1) is 6.58 Å². The predicted molar refractivity (Wildman–Crippen MR) is 117 cm³/mol. The van der Waals surface area contributed by atoms with Crippen LogP contribution in [0.25, 0.3) is 0 Å². The molecule has 0 heterocycles. The minimum atomic E-state index is -4.01. The molecule has 30 heavy (non-hydrogen) atoms. The average molecular weight is 450 g/mol. The van der Waals surface area contributed by atoms with Crippen LogP contribution in [0.4, 0.5) is 5.69 Å². The molecule has 0 aromatic heterocycles. The first-order chi connectivity index (χ1) is 14.0. The number of hydrogen-bond acceptors (Lipinski definition) is 5. The molecule has 0 amide bonds. The quantitative estimate of drug-likeness (QED) is 0.438. The zero-order chi connectivity index (χ0) is 22.5. The third kappa shape index (κ3) is 5.49. The van der Waals surface area contributed by atoms with E-state index < -0.39 is 28.0 Å². The normalized spacial score (nSPS) is 11.6. The molecule has 0 atom stereocenters. The minimum Gasteiger partial charge on any atom is -0.454 e. The van der Waals surface area contributed by atoms with Crippen molar-refractivity contribution in [1.29, 1.82) is 0 Å². The SMILES string of the molecule is C=CCN(c1ccccc1)S(=O)(=O)c1ccc(Cl)c(C(=O)OCC(=O)C(C)(C)C)c1. The van der Waals surface area contributed by atoms with Crippen LogP contribution in [0.2, 0.25) is 5.02 Å². The Kier molecular flexibility index (Phi) is 7.44. The maximum Gasteiger partial charge on any atom is 0.340 e. The van der Waals surface area contributed by atoms with Gasteiger partial charge in [-0.2, -0.15) is 0 Å². The summed E-state index contributed by atoms with van der Waals surface area (Å²) in [7, 11) is -4.01. The fraction of sp³-hybridized carbons (Fsp3) is 0.273. The molecule has 0 radical (unpaired) electrons. The second kappa shape index (κ2) is 9.45. The molecule has 0 aliphatic heterocycles. The molecular weight excluding hydrogens is 426 g/mol. The van der Waals surface area contributed by atoms with Crippen molar-refractivity contribution in [1.82, 2.24) is 0 Å². The van der Waals surface area contributed by atoms with Crippen molar-refractivity contribution < 1.29 is 22.7 Å². The highest BCUT2D eigenvalue weighted by molar-refractivity contribution is 7.92. The molecule has 0 unspecified atom stereocenters. The number of rotatable bonds is 8. The molecule has 0 bridgehead atoms. The molecule has 0 saturated heterocycles. The van der Waals surface area contributed by atoms with E-state index in [9.17, 15) is 18.0 Å². The first kappa shape index (κ1) is 23.6. The van der Waals surface area contributed by atoms with Gasteiger partial charge in [0, 0.05) is 5.41 Å². The highest BCUT2D eigenvalue weighted by Gasteiger charge is 2.27. The Morgan fingerprint density at radius 2 is 1.77 bits per heavy atom. The van der Waals surface area contributed by atoms with Gasteiger partial charge in [0.05, 0.1) is 27.7 Å². The van der Waals surface area contributed by atoms with Gasteiger partial charge in [0.1, 0.15) is 0 Å². The van der Waals surface area contributed by atoms with Gasteiger partial charge in [0.15, 0.2) is 12.4 Å². The third-order valence-corrected chi connectivity index (χ3v) is 6.38. The molecule has 2 rings (SSSR count). The minimum absolute atomic E-state index is 0.0251. The van der Waals surface area contributed by atoms with Gasteiger partial charge in [-0.25, -0.2) is 13.2 Å². The first-order valence-electron chi connectivity index (χ1n) is 9.17. The number of hydrogen-bond donors (Lipinski definition) is 0. The van der Waals surface area contributed by atoms with E-state index in [1.165, 1.54) is 22.5 Å². The number of para-hydroxylation sites is 1. The summed E-state index contributed by atoms with van der Waals surface area (Å²) >= 11 is 6.09. The number of carbonyl (C=O) groups excluding carboxylic acids is 2. The molecule has 160 valence electrons. The van der Waals surface area contributed by atoms with Crippen LogP contribution in [-0.4, -0.2) is 33.3 Å². The predicted octanol–water partition coefficient (Wildman–Crippen LogP) is 4.49. The number of esters is 1. The number of anilines is 1. The van der Waals surface area contributed by atoms with Crippen LogP contribution in [0.5, 0.6) is 0 Å². The van der Waals surface area contributed by atoms with Crippen molar-refractivity contribution in [3.63, 3.8) is 0 Å². The first-order valence-corrected chi connectivity index (χ1v) is 11.0. The number of benzene rings is 2. The highest BCUT2D eigenvalue weighted by atomic mass is 35.5. The Balaban J connectivity index is 2.37. The summed E-state index contributed by atoms with van der Waals surface area (Å²) in [6, 6.07) is 12.3. The molecule has 0 spiro atoms. The molecule has 8 heteroatoms. The largest absolute Gasteiger partial charge is 0.454 e. The maximum absolute atomic E-state index is 13.2. The Bertz CT molecular complexity index is 1040. The third-order valence-electron chi connectivity index (χ3n) is 4.26. The molecule has 0 aliphatic carbocycles. The lowest BCUT2D eigenvalue weighted by Gasteiger charge is -2.23. The van der Waals surface area contributed by atoms with E-state index in [1.54, 1.807) is 51.1 Å². The number of halogens is 1. The number of ether oxygens (including phenoxy) is 1. The molecule has 2 aromatic carbocycles. The van der Waals surface area contributed by atoms with E-state index in [0.29, 0.717) is 5.69 Å². The number of carbonyl (C=O) groups is 2. The van der Waals surface area contributed by atoms with Gasteiger partial charge in [-0.1, -0.05) is 56.6 Å². The fourth-order valence-corrected chi connectivity index (χ4v) is 4.08. The number of nitrogens with zero attached hydrogens (tertiary/aromatic N) is 1. The summed E-state index contributed by atoms with van der Waals surface area (Å²) in [5.74, 6) is -1.14. The topological polar surface area (TPSA) is 80.8 Å². The number of ketones is 1. The second-order valence-electron chi connectivity index (χ2n) is 7.55. The summed E-state index contributed by atoms with van der Waals surface area (Å²) in [5.41, 5.74) is -0.353. The fourth-order valence-electron chi connectivity index (χ4n) is 2.43. The van der Waals surface area contributed by atoms with Crippen LogP contribution in [0.3, 0.4) is 0 Å². The van der Waals surface area contributed by atoms with Gasteiger partial charge in [-0.3, -0.25) is 9.10 Å². The van der Waals surface area contributed by atoms with Crippen molar-refractivity contribution in [2.75, 3.05) is 17.5 Å². The number of Topliss-reactive ketones (excluding diaryl/α,β-unsaturated/α-hetero) is 1. The summed E-state index contributed by atoms with van der Waals surface area (Å²) in [6.07, 6.45) is 1.47. The Hall–Kier alpha value is -2.64. The van der Waals surface area contributed by atoms with Gasteiger partial charge in [0.2, 0.25) is 0 Å². The van der Waals surface area contributed by atoms with Crippen LogP contribution in [0, 0.1) is 5.41 Å². The number of sulfonamides is 1. The standard InChI is InChI=1S/C22H24ClNO5S/c1-5-13-24(16-9-7-6-8-10-16)30(27,28)17-11-12-19(23)18(14-17)21(26)29-15-20(25)22(2,3)4/h5-12,14H,1,13,15H2,2-4H3. The van der Waals surface area contributed by atoms with E-state index in [1.807, 2.05) is 0 Å². The lowest BCUT2D eigenvalue weighted by molar-refractivity contribution is -0.129. The Morgan fingerprint density at radius 1 is 1.13 bits per heavy atom. The summed E-state index contributed by atoms with van der Waals surface area (Å²) in [4.78, 5) is 24.3. The van der Waals surface area contributed by atoms with Crippen LogP contribution in [0.15, 0.2) is 66.1 Å². The van der Waals surface area contributed by atoms with Crippen LogP contribution < -0.4 is 4.31 Å². The van der Waals surface area contributed by atoms with Crippen molar-refractivity contribution >= 4 is 39.1 Å². The van der Waals surface area contributed by atoms with E-state index in [4.69, 9.17) is 16.3 Å². The van der Waals surface area contributed by atoms with Crippen LogP contribution >= 0.6 is 11.6 Å². The van der Waals surface area contributed by atoms with Crippen molar-refractivity contribution in [2.24, 2.45) is 5.41 Å². The molecule has 0 N–H and O–H groups in total. The van der Waals surface area contributed by atoms with E-state index in [0.717, 1.165) is 6.07 Å². The molecule has 0 fully saturated rings. The Morgan fingerprint density at radius 3 is 2.33 bits per heavy atom. The molecular formula is C22H24ClNO5S. The lowest BCUT2D eigenvalue weighted by Crippen LogP contribution is -2.31. The zero-order valence-electron chi connectivity index (χ0n) is 17.1. The van der Waals surface area contributed by atoms with Gasteiger partial charge < -0.3 is 4.74 Å². The van der Waals surface area contributed by atoms with Gasteiger partial charge >= 0.3 is 5.97 Å². The van der Waals surface area contributed by atoms with Crippen molar-refractivity contribution in [3.05, 3.63) is 71.8 Å². The molecule has 2 aromatic rings. The van der Waals surface area contributed by atoms with Crippen molar-refractivity contribution in [2.45, 2.75) is 25.7 Å². The van der Waals surface area contributed by atoms with E-state index in [2.05, 4.69) is 6.58 Å². The van der Waals surface area contributed by atoms with Crippen LogP contribution in [-0.2, 0) is 19.6 Å². The summed E-state index contributed by atoms with van der Waals surface area (Å²) in [5, 5.41) is 0.0251. The molecule has 0 saturated carbocycles. The van der Waals surface area contributed by atoms with Gasteiger partial charge in [0.25, 0.3) is 10.0 Å². The zero-order valence-corrected chi connectivity index (χ0v) is 18.7. The van der Waals surface area contributed by atoms with Crippen LogP contribution in [0.1, 0.15) is 31.1 Å². The Labute approximate surface area is 182 Å². The molecule has 0 aliphatic rings. The average Bonchev–Trinajstić information content (AvgIpc) is 2.69. The van der Waals surface area contributed by atoms with E-state index >= 15 is 0 Å². The van der Waals surface area contributed by atoms with Gasteiger partial charge in [-0.05, 0) is 30.3 Å². The summed E-state index contributed by atoms with van der Waals surface area (Å²) in [6.45, 7) is 8.36. The summed E-state index contributed by atoms with van der Waals surface area (Å²) < 4.78 is 32.7. The highest BCUT2D eigenvalue weighted by Crippen LogP contribution is 2.27. The second-order valence-corrected chi connectivity index (χ2v) is 9.82. The maximum atomic E-state index is 13.2. The smallest absolute Gasteiger partial charge is 0.340 e. The molecule has 6 nitrogen and oxygen atoms in total. The monoisotopic (exact) mass is 449 g/mol. The van der Waals surface area contributed by atoms with Crippen molar-refractivity contribution in [3.8, 4) is 0 Å².